The second-order valence-electron chi connectivity index (χ2n) is 6.31. The van der Waals surface area contributed by atoms with Gasteiger partial charge >= 0.3 is 0 Å². The maximum absolute atomic E-state index is 12.2. The summed E-state index contributed by atoms with van der Waals surface area (Å²) in [5, 5.41) is 6.25. The Morgan fingerprint density at radius 2 is 2.06 bits per heavy atom. The molecule has 1 heterocycles. The van der Waals surface area contributed by atoms with Crippen molar-refractivity contribution in [1.29, 1.82) is 0 Å². The molecule has 2 fully saturated rings. The Balaban J connectivity index is 2.18. The molecule has 4 nitrogen and oxygen atoms in total. The molecule has 0 radical (unpaired) electrons. The van der Waals surface area contributed by atoms with Crippen LogP contribution in [-0.2, 0) is 4.79 Å². The van der Waals surface area contributed by atoms with Crippen molar-refractivity contribution in [2.75, 3.05) is 6.54 Å². The van der Waals surface area contributed by atoms with E-state index in [2.05, 4.69) is 43.3 Å². The van der Waals surface area contributed by atoms with Crippen LogP contribution >= 0.6 is 0 Å². The lowest BCUT2D eigenvalue weighted by Crippen LogP contribution is -2.54. The summed E-state index contributed by atoms with van der Waals surface area (Å²) < 4.78 is 0. The molecule has 0 bridgehead atoms. The zero-order chi connectivity index (χ0) is 12.7. The first-order chi connectivity index (χ1) is 7.87. The fourth-order valence-corrected chi connectivity index (χ4v) is 2.86. The summed E-state index contributed by atoms with van der Waals surface area (Å²) in [7, 11) is 0. The van der Waals surface area contributed by atoms with Crippen LogP contribution in [0.25, 0.3) is 0 Å². The zero-order valence-corrected chi connectivity index (χ0v) is 11.3. The molecule has 2 aliphatic rings. The number of hydrogen-bond donors (Lipinski definition) is 2. The van der Waals surface area contributed by atoms with Gasteiger partial charge in [0.1, 0.15) is 5.54 Å². The monoisotopic (exact) mass is 237 g/mol. The van der Waals surface area contributed by atoms with Crippen LogP contribution < -0.4 is 10.6 Å². The van der Waals surface area contributed by atoms with Gasteiger partial charge in [0.25, 0.3) is 5.91 Å². The molecule has 17 heavy (non-hydrogen) atoms. The quantitative estimate of drug-likeness (QED) is 0.767. The summed E-state index contributed by atoms with van der Waals surface area (Å²) >= 11 is 0. The Kier molecular flexibility index (Phi) is 2.92. The number of nitrogens with one attached hydrogen (secondary N) is 2. The first-order valence-electron chi connectivity index (χ1n) is 6.51. The summed E-state index contributed by atoms with van der Waals surface area (Å²) in [6.45, 7) is 9.32. The third kappa shape index (κ3) is 1.94. The molecule has 0 aromatic heterocycles. The van der Waals surface area contributed by atoms with Crippen LogP contribution in [0.4, 0.5) is 0 Å². The van der Waals surface area contributed by atoms with E-state index in [1.165, 1.54) is 0 Å². The fraction of sp³-hybridized carbons (Fsp3) is 0.846. The molecule has 1 saturated carbocycles. The van der Waals surface area contributed by atoms with Gasteiger partial charge in [-0.3, -0.25) is 15.1 Å². The number of hydrogen-bond acceptors (Lipinski definition) is 2. The molecule has 1 spiro atoms. The van der Waals surface area contributed by atoms with Gasteiger partial charge in [0.2, 0.25) is 0 Å². The average Bonchev–Trinajstić information content (AvgIpc) is 2.68. The van der Waals surface area contributed by atoms with Gasteiger partial charge in [-0.15, -0.1) is 0 Å². The fourth-order valence-electron chi connectivity index (χ4n) is 2.86. The van der Waals surface area contributed by atoms with Crippen molar-refractivity contribution in [2.24, 2.45) is 16.3 Å². The van der Waals surface area contributed by atoms with Crippen LogP contribution in [0.2, 0.25) is 0 Å². The zero-order valence-electron chi connectivity index (χ0n) is 11.3. The normalized spacial score (nSPS) is 33.5. The number of guanidine groups is 1. The van der Waals surface area contributed by atoms with Gasteiger partial charge in [0.05, 0.1) is 0 Å². The largest absolute Gasteiger partial charge is 0.341 e. The van der Waals surface area contributed by atoms with Gasteiger partial charge in [-0.05, 0) is 30.6 Å². The summed E-state index contributed by atoms with van der Waals surface area (Å²) in [4.78, 5) is 16.6. The van der Waals surface area contributed by atoms with E-state index < -0.39 is 5.54 Å². The van der Waals surface area contributed by atoms with E-state index >= 15 is 0 Å². The summed E-state index contributed by atoms with van der Waals surface area (Å²) in [5.74, 6) is 1.27. The van der Waals surface area contributed by atoms with E-state index in [9.17, 15) is 4.79 Å². The Labute approximate surface area is 103 Å². The summed E-state index contributed by atoms with van der Waals surface area (Å²) in [6.07, 6.45) is 3.10. The third-order valence-corrected chi connectivity index (χ3v) is 4.07. The van der Waals surface area contributed by atoms with Crippen LogP contribution in [0.1, 0.15) is 47.0 Å². The van der Waals surface area contributed by atoms with Gasteiger partial charge < -0.3 is 5.32 Å². The van der Waals surface area contributed by atoms with Crippen molar-refractivity contribution in [2.45, 2.75) is 52.5 Å². The van der Waals surface area contributed by atoms with Crippen molar-refractivity contribution in [3.63, 3.8) is 0 Å². The van der Waals surface area contributed by atoms with Crippen molar-refractivity contribution in [3.05, 3.63) is 0 Å². The number of carbonyl (C=O) groups excluding carboxylic acids is 1. The molecule has 96 valence electrons. The van der Waals surface area contributed by atoms with Crippen LogP contribution in [0.15, 0.2) is 4.99 Å². The highest BCUT2D eigenvalue weighted by atomic mass is 16.2. The second kappa shape index (κ2) is 4.00. The smallest absolute Gasteiger partial charge is 0.252 e. The van der Waals surface area contributed by atoms with Crippen LogP contribution in [0.5, 0.6) is 0 Å². The molecule has 1 amide bonds. The van der Waals surface area contributed by atoms with E-state index in [-0.39, 0.29) is 11.3 Å². The lowest BCUT2D eigenvalue weighted by atomic mass is 9.75. The van der Waals surface area contributed by atoms with Crippen molar-refractivity contribution in [3.8, 4) is 0 Å². The topological polar surface area (TPSA) is 53.5 Å². The molecule has 1 saturated heterocycles. The predicted molar refractivity (Wildman–Crippen MR) is 68.8 cm³/mol. The van der Waals surface area contributed by atoms with Gasteiger partial charge in [-0.25, -0.2) is 0 Å². The number of aliphatic imine (C=N–C) groups is 1. The predicted octanol–water partition coefficient (Wildman–Crippen LogP) is 1.67. The van der Waals surface area contributed by atoms with Crippen molar-refractivity contribution < 1.29 is 4.79 Å². The van der Waals surface area contributed by atoms with Crippen molar-refractivity contribution in [1.82, 2.24) is 10.6 Å². The molecule has 1 atom stereocenters. The van der Waals surface area contributed by atoms with E-state index in [1.54, 1.807) is 0 Å². The molecule has 4 heteroatoms. The number of carbonyl (C=O) groups is 1. The Bertz CT molecular complexity index is 360. The molecule has 2 rings (SSSR count). The molecule has 1 unspecified atom stereocenters. The minimum absolute atomic E-state index is 0.00613. The van der Waals surface area contributed by atoms with E-state index in [0.717, 1.165) is 25.8 Å². The van der Waals surface area contributed by atoms with Gasteiger partial charge in [0, 0.05) is 6.54 Å². The van der Waals surface area contributed by atoms with E-state index in [1.807, 2.05) is 0 Å². The molecule has 2 N–H and O–H groups in total. The van der Waals surface area contributed by atoms with Crippen LogP contribution in [0.3, 0.4) is 0 Å². The molecular weight excluding hydrogens is 214 g/mol. The molecular formula is C13H23N3O. The molecule has 0 aromatic rings. The Morgan fingerprint density at radius 3 is 2.59 bits per heavy atom. The maximum Gasteiger partial charge on any atom is 0.252 e. The molecule has 1 aliphatic heterocycles. The summed E-state index contributed by atoms with van der Waals surface area (Å²) in [6, 6.07) is 0. The first kappa shape index (κ1) is 12.4. The van der Waals surface area contributed by atoms with Gasteiger partial charge in [0.15, 0.2) is 5.96 Å². The SMILES string of the molecule is CC(C)CN=C1NC(=O)C2(CCCC2(C)C)N1. The van der Waals surface area contributed by atoms with Gasteiger partial charge in [-0.1, -0.05) is 27.7 Å². The van der Waals surface area contributed by atoms with E-state index in [0.29, 0.717) is 11.9 Å². The van der Waals surface area contributed by atoms with Crippen LogP contribution in [0, 0.1) is 11.3 Å². The molecule has 0 aromatic carbocycles. The Morgan fingerprint density at radius 1 is 1.35 bits per heavy atom. The third-order valence-electron chi connectivity index (χ3n) is 4.07. The lowest BCUT2D eigenvalue weighted by molar-refractivity contribution is -0.126. The minimum atomic E-state index is -0.428. The van der Waals surface area contributed by atoms with E-state index in [4.69, 9.17) is 0 Å². The highest BCUT2D eigenvalue weighted by Gasteiger charge is 2.58. The second-order valence-corrected chi connectivity index (χ2v) is 6.31. The molecule has 1 aliphatic carbocycles. The average molecular weight is 237 g/mol. The number of amides is 1. The van der Waals surface area contributed by atoms with Gasteiger partial charge in [-0.2, -0.15) is 0 Å². The van der Waals surface area contributed by atoms with Crippen LogP contribution in [-0.4, -0.2) is 24.0 Å². The first-order valence-corrected chi connectivity index (χ1v) is 6.51. The number of nitrogens with zero attached hydrogens (tertiary/aromatic N) is 1. The lowest BCUT2D eigenvalue weighted by Gasteiger charge is -2.35. The standard InChI is InChI=1S/C13H23N3O/c1-9(2)8-14-11-15-10(17)13(16-11)7-5-6-12(13,3)4/h9H,5-8H2,1-4H3,(H2,14,15,16,17). The maximum atomic E-state index is 12.2. The highest BCUT2D eigenvalue weighted by Crippen LogP contribution is 2.47. The number of rotatable bonds is 2. The van der Waals surface area contributed by atoms with Crippen molar-refractivity contribution >= 4 is 11.9 Å². The summed E-state index contributed by atoms with van der Waals surface area (Å²) in [5.41, 5.74) is -0.422. The highest BCUT2D eigenvalue weighted by molar-refractivity contribution is 6.09. The minimum Gasteiger partial charge on any atom is -0.341 e. The Hall–Kier alpha value is -1.06.